The minimum Gasteiger partial charge on any atom is -0.481 e. The summed E-state index contributed by atoms with van der Waals surface area (Å²) in [5, 5.41) is 9.84. The van der Waals surface area contributed by atoms with Gasteiger partial charge in [0.25, 0.3) is 0 Å². The fourth-order valence-electron chi connectivity index (χ4n) is 4.64. The van der Waals surface area contributed by atoms with Gasteiger partial charge >= 0.3 is 11.9 Å². The number of aryl methyl sites for hydroxylation is 1. The molecule has 0 bridgehead atoms. The number of hydrogen-bond donors (Lipinski definition) is 1. The number of furan rings is 1. The van der Waals surface area contributed by atoms with Crippen LogP contribution in [0.1, 0.15) is 63.0 Å². The van der Waals surface area contributed by atoms with Gasteiger partial charge in [0.05, 0.1) is 12.2 Å². The number of carboxylic acid groups (broad SMARTS) is 1. The summed E-state index contributed by atoms with van der Waals surface area (Å²) in [6, 6.07) is 0. The summed E-state index contributed by atoms with van der Waals surface area (Å²) in [5.41, 5.74) is 1.68. The first-order chi connectivity index (χ1) is 11.8. The molecule has 0 aliphatic heterocycles. The molecule has 1 heterocycles. The van der Waals surface area contributed by atoms with Crippen molar-refractivity contribution < 1.29 is 23.8 Å². The van der Waals surface area contributed by atoms with Crippen LogP contribution < -0.4 is 0 Å². The number of ether oxygens (including phenoxy) is 1. The average molecular weight is 346 g/mol. The minimum absolute atomic E-state index is 0.129. The fraction of sp³-hybridized carbons (Fsp3) is 0.600. The largest absolute Gasteiger partial charge is 0.481 e. The van der Waals surface area contributed by atoms with Crippen LogP contribution in [-0.4, -0.2) is 17.0 Å². The molecule has 1 aromatic rings. The van der Waals surface area contributed by atoms with E-state index in [2.05, 4.69) is 0 Å². The van der Waals surface area contributed by atoms with Crippen LogP contribution >= 0.6 is 0 Å². The molecule has 5 nitrogen and oxygen atoms in total. The van der Waals surface area contributed by atoms with Crippen LogP contribution in [0.4, 0.5) is 0 Å². The van der Waals surface area contributed by atoms with E-state index in [0.717, 1.165) is 29.7 Å². The van der Waals surface area contributed by atoms with E-state index in [0.29, 0.717) is 18.4 Å². The van der Waals surface area contributed by atoms with E-state index in [4.69, 9.17) is 9.15 Å². The van der Waals surface area contributed by atoms with Gasteiger partial charge in [-0.1, -0.05) is 19.4 Å². The Hall–Kier alpha value is -2.04. The number of carbonyl (C=O) groups is 2. The molecule has 1 saturated carbocycles. The number of esters is 1. The first-order valence-corrected chi connectivity index (χ1v) is 8.94. The maximum atomic E-state index is 12.5. The zero-order valence-corrected chi connectivity index (χ0v) is 15.3. The van der Waals surface area contributed by atoms with Crippen LogP contribution in [0.3, 0.4) is 0 Å². The summed E-state index contributed by atoms with van der Waals surface area (Å²) >= 11 is 0. The van der Waals surface area contributed by atoms with Gasteiger partial charge in [0.15, 0.2) is 0 Å². The summed E-state index contributed by atoms with van der Waals surface area (Å²) in [7, 11) is 0. The van der Waals surface area contributed by atoms with Gasteiger partial charge in [0, 0.05) is 23.0 Å². The molecule has 25 heavy (non-hydrogen) atoms. The zero-order chi connectivity index (χ0) is 18.4. The van der Waals surface area contributed by atoms with Gasteiger partial charge in [-0.25, -0.2) is 4.79 Å². The lowest BCUT2D eigenvalue weighted by Gasteiger charge is -2.52. The van der Waals surface area contributed by atoms with Crippen molar-refractivity contribution in [2.45, 2.75) is 59.5 Å². The third-order valence-electron chi connectivity index (χ3n) is 6.32. The van der Waals surface area contributed by atoms with Gasteiger partial charge < -0.3 is 14.3 Å². The topological polar surface area (TPSA) is 76.7 Å². The first-order valence-electron chi connectivity index (χ1n) is 8.94. The highest BCUT2D eigenvalue weighted by atomic mass is 16.5. The fourth-order valence-corrected chi connectivity index (χ4v) is 4.64. The summed E-state index contributed by atoms with van der Waals surface area (Å²) in [6.45, 7) is 7.41. The summed E-state index contributed by atoms with van der Waals surface area (Å²) in [4.78, 5) is 24.5. The van der Waals surface area contributed by atoms with Crippen LogP contribution in [0.5, 0.6) is 0 Å². The molecular formula is C20H26O5. The van der Waals surface area contributed by atoms with Gasteiger partial charge in [-0.05, 0) is 45.1 Å². The Bertz CT molecular complexity index is 728. The second kappa shape index (κ2) is 6.36. The summed E-state index contributed by atoms with van der Waals surface area (Å²) in [6.07, 6.45) is 5.93. The Kier molecular flexibility index (Phi) is 4.52. The predicted molar refractivity (Wildman–Crippen MR) is 92.0 cm³/mol. The van der Waals surface area contributed by atoms with E-state index in [1.54, 1.807) is 26.2 Å². The van der Waals surface area contributed by atoms with Gasteiger partial charge in [-0.3, -0.25) is 4.79 Å². The van der Waals surface area contributed by atoms with Crippen molar-refractivity contribution in [1.29, 1.82) is 0 Å². The van der Waals surface area contributed by atoms with Crippen molar-refractivity contribution in [2.24, 2.45) is 17.3 Å². The van der Waals surface area contributed by atoms with Crippen molar-refractivity contribution in [2.75, 3.05) is 0 Å². The molecule has 4 atom stereocenters. The summed E-state index contributed by atoms with van der Waals surface area (Å²) < 4.78 is 11.7. The Morgan fingerprint density at radius 2 is 2.12 bits per heavy atom. The van der Waals surface area contributed by atoms with Crippen molar-refractivity contribution >= 4 is 11.9 Å². The monoisotopic (exact) mass is 346 g/mol. The predicted octanol–water partition coefficient (Wildman–Crippen LogP) is 4.20. The molecule has 0 radical (unpaired) electrons. The highest BCUT2D eigenvalue weighted by Gasteiger charge is 2.58. The number of fused-ring (bicyclic) bond motifs is 2. The number of carboxylic acids is 1. The van der Waals surface area contributed by atoms with Crippen LogP contribution in [0.25, 0.3) is 0 Å². The quantitative estimate of drug-likeness (QED) is 0.655. The molecule has 5 heteroatoms. The van der Waals surface area contributed by atoms with Crippen LogP contribution in [0.15, 0.2) is 22.3 Å². The Balaban J connectivity index is 2.11. The smallest absolute Gasteiger partial charge is 0.334 e. The van der Waals surface area contributed by atoms with Gasteiger partial charge in [-0.15, -0.1) is 0 Å². The Morgan fingerprint density at radius 1 is 1.40 bits per heavy atom. The lowest BCUT2D eigenvalue weighted by Crippen LogP contribution is -2.51. The maximum Gasteiger partial charge on any atom is 0.334 e. The molecule has 1 fully saturated rings. The normalized spacial score (nSPS) is 31.8. The maximum absolute atomic E-state index is 12.5. The van der Waals surface area contributed by atoms with Crippen LogP contribution in [0.2, 0.25) is 0 Å². The second-order valence-electron chi connectivity index (χ2n) is 7.60. The van der Waals surface area contributed by atoms with Crippen molar-refractivity contribution in [3.8, 4) is 0 Å². The Morgan fingerprint density at radius 3 is 2.76 bits per heavy atom. The highest BCUT2D eigenvalue weighted by Crippen LogP contribution is 2.59. The molecule has 2 aliphatic carbocycles. The molecule has 1 N–H and O–H groups in total. The molecule has 0 saturated heterocycles. The van der Waals surface area contributed by atoms with Crippen molar-refractivity contribution in [3.05, 3.63) is 34.8 Å². The number of hydrogen-bond acceptors (Lipinski definition) is 4. The van der Waals surface area contributed by atoms with Crippen LogP contribution in [0, 0.1) is 24.2 Å². The molecule has 136 valence electrons. The van der Waals surface area contributed by atoms with Crippen molar-refractivity contribution in [1.82, 2.24) is 0 Å². The van der Waals surface area contributed by atoms with E-state index in [9.17, 15) is 14.7 Å². The second-order valence-corrected chi connectivity index (χ2v) is 7.60. The lowest BCUT2D eigenvalue weighted by molar-refractivity contribution is -0.177. The zero-order valence-electron chi connectivity index (χ0n) is 15.3. The number of carbonyl (C=O) groups excluding carboxylic acids is 1. The molecule has 0 amide bonds. The molecule has 0 aromatic carbocycles. The van der Waals surface area contributed by atoms with Gasteiger partial charge in [-0.2, -0.15) is 0 Å². The van der Waals surface area contributed by atoms with Gasteiger partial charge in [0.2, 0.25) is 0 Å². The first kappa shape index (κ1) is 17.8. The highest BCUT2D eigenvalue weighted by molar-refractivity contribution is 5.88. The number of allylic oxidation sites excluding steroid dienone is 1. The van der Waals surface area contributed by atoms with E-state index in [1.807, 2.05) is 13.8 Å². The van der Waals surface area contributed by atoms with Crippen molar-refractivity contribution in [3.63, 3.8) is 0 Å². The van der Waals surface area contributed by atoms with E-state index < -0.39 is 29.4 Å². The standard InChI is InChI=1S/C20H26O5/c1-5-11(2)19(23)25-17-16-12(3)10-24-15(16)9-13-7-6-8-14(18(21)22)20(13,17)4/h5,10,13-14,17H,6-9H2,1-4H3,(H,21,22)/t13-,14-,17-,20+/m1/s1. The Labute approximate surface area is 148 Å². The molecule has 0 spiro atoms. The van der Waals surface area contributed by atoms with E-state index >= 15 is 0 Å². The third-order valence-corrected chi connectivity index (χ3v) is 6.32. The average Bonchev–Trinajstić information content (AvgIpc) is 2.94. The van der Waals surface area contributed by atoms with E-state index in [1.165, 1.54) is 0 Å². The summed E-state index contributed by atoms with van der Waals surface area (Å²) in [5.74, 6) is -0.764. The number of aliphatic carboxylic acids is 1. The van der Waals surface area contributed by atoms with E-state index in [-0.39, 0.29) is 5.92 Å². The minimum atomic E-state index is -0.805. The molecule has 3 rings (SSSR count). The molecule has 2 aliphatic rings. The SMILES string of the molecule is CC=C(C)C(=O)O[C@@H]1c2c(C)coc2C[C@H]2CCC[C@H](C(=O)O)[C@]21C. The number of rotatable bonds is 3. The molecular weight excluding hydrogens is 320 g/mol. The lowest BCUT2D eigenvalue weighted by atomic mass is 9.53. The van der Waals surface area contributed by atoms with Gasteiger partial charge in [0.1, 0.15) is 11.9 Å². The third kappa shape index (κ3) is 2.70. The molecule has 1 aromatic heterocycles. The van der Waals surface area contributed by atoms with Crippen LogP contribution in [-0.2, 0) is 20.7 Å². The molecule has 0 unspecified atom stereocenters.